The first-order valence-corrected chi connectivity index (χ1v) is 11.6. The number of benzene rings is 2. The van der Waals surface area contributed by atoms with Crippen LogP contribution in [0.5, 0.6) is 0 Å². The van der Waals surface area contributed by atoms with Gasteiger partial charge in [0.15, 0.2) is 27.3 Å². The van der Waals surface area contributed by atoms with Gasteiger partial charge in [0.2, 0.25) is 0 Å². The molecule has 2 atom stereocenters. The summed E-state index contributed by atoms with van der Waals surface area (Å²) >= 11 is 6.14. The Morgan fingerprint density at radius 1 is 1.06 bits per heavy atom. The molecule has 2 aromatic rings. The van der Waals surface area contributed by atoms with E-state index in [1.165, 1.54) is 12.1 Å². The van der Waals surface area contributed by atoms with Gasteiger partial charge in [0.25, 0.3) is 5.91 Å². The van der Waals surface area contributed by atoms with Gasteiger partial charge in [0.1, 0.15) is 0 Å². The van der Waals surface area contributed by atoms with Crippen LogP contribution in [0.4, 0.5) is 18.9 Å². The van der Waals surface area contributed by atoms with Crippen molar-refractivity contribution in [1.29, 1.82) is 0 Å². The molecule has 5 nitrogen and oxygen atoms in total. The molecule has 2 bridgehead atoms. The lowest BCUT2D eigenvalue weighted by Crippen LogP contribution is -2.49. The number of carbonyl (C=O) groups is 1. The van der Waals surface area contributed by atoms with Crippen molar-refractivity contribution in [2.45, 2.75) is 29.4 Å². The van der Waals surface area contributed by atoms with Crippen molar-refractivity contribution in [3.8, 4) is 0 Å². The minimum absolute atomic E-state index is 0.0339. The fourth-order valence-corrected chi connectivity index (χ4v) is 7.10. The van der Waals surface area contributed by atoms with Crippen LogP contribution >= 0.6 is 11.6 Å². The second-order valence-electron chi connectivity index (χ2n) is 8.09. The van der Waals surface area contributed by atoms with Crippen LogP contribution < -0.4 is 5.32 Å². The summed E-state index contributed by atoms with van der Waals surface area (Å²) in [6.45, 7) is 0.0447. The third-order valence-corrected chi connectivity index (χ3v) is 8.99. The third kappa shape index (κ3) is 3.94. The van der Waals surface area contributed by atoms with Gasteiger partial charge in [-0.1, -0.05) is 11.6 Å². The highest BCUT2D eigenvalue weighted by molar-refractivity contribution is 7.92. The van der Waals surface area contributed by atoms with E-state index in [1.807, 2.05) is 0 Å². The molecule has 0 radical (unpaired) electrons. The summed E-state index contributed by atoms with van der Waals surface area (Å²) in [7, 11) is -3.84. The second kappa shape index (κ2) is 8.11. The molecule has 0 aliphatic heterocycles. The highest BCUT2D eigenvalue weighted by atomic mass is 35.5. The van der Waals surface area contributed by atoms with E-state index in [-0.39, 0.29) is 45.5 Å². The van der Waals surface area contributed by atoms with E-state index < -0.39 is 38.4 Å². The maximum Gasteiger partial charge on any atom is 0.255 e. The van der Waals surface area contributed by atoms with Crippen LogP contribution in [0.25, 0.3) is 0 Å². The van der Waals surface area contributed by atoms with Crippen LogP contribution in [0.1, 0.15) is 29.6 Å². The van der Waals surface area contributed by atoms with Crippen LogP contribution in [0.15, 0.2) is 35.2 Å². The Balaban J connectivity index is 1.58. The quantitative estimate of drug-likeness (QED) is 0.638. The maximum atomic E-state index is 13.4. The zero-order valence-electron chi connectivity index (χ0n) is 16.1. The number of amides is 1. The molecule has 3 aliphatic carbocycles. The van der Waals surface area contributed by atoms with Gasteiger partial charge in [0.05, 0.1) is 15.2 Å². The molecule has 166 valence electrons. The molecular weight excluding hydrogens is 455 g/mol. The summed E-state index contributed by atoms with van der Waals surface area (Å²) in [6, 6.07) is 4.93. The van der Waals surface area contributed by atoms with Crippen LogP contribution in [0, 0.1) is 35.2 Å². The molecule has 5 rings (SSSR count). The van der Waals surface area contributed by atoms with Crippen LogP contribution in [-0.4, -0.2) is 31.3 Å². The number of hydrogen-bond donors (Lipinski definition) is 2. The van der Waals surface area contributed by atoms with Crippen LogP contribution in [0.2, 0.25) is 5.02 Å². The molecule has 31 heavy (non-hydrogen) atoms. The molecule has 2 N–H and O–H groups in total. The van der Waals surface area contributed by atoms with Crippen molar-refractivity contribution in [2.24, 2.45) is 17.8 Å². The predicted octanol–water partition coefficient (Wildman–Crippen LogP) is 4.19. The van der Waals surface area contributed by atoms with Gasteiger partial charge in [-0.05, 0) is 55.2 Å². The molecule has 1 amide bonds. The van der Waals surface area contributed by atoms with Gasteiger partial charge < -0.3 is 10.4 Å². The lowest BCUT2D eigenvalue weighted by Gasteiger charge is -2.51. The number of carbonyl (C=O) groups excluding carboxylic acids is 1. The van der Waals surface area contributed by atoms with E-state index in [1.54, 1.807) is 0 Å². The van der Waals surface area contributed by atoms with Crippen molar-refractivity contribution in [1.82, 2.24) is 0 Å². The van der Waals surface area contributed by atoms with Gasteiger partial charge in [0, 0.05) is 30.0 Å². The Labute approximate surface area is 182 Å². The summed E-state index contributed by atoms with van der Waals surface area (Å²) in [5.74, 6) is -4.99. The largest absolute Gasteiger partial charge is 0.396 e. The minimum atomic E-state index is -3.84. The predicted molar refractivity (Wildman–Crippen MR) is 108 cm³/mol. The van der Waals surface area contributed by atoms with Crippen molar-refractivity contribution in [3.05, 3.63) is 58.4 Å². The molecule has 0 aromatic heterocycles. The Hall–Kier alpha value is -2.10. The van der Waals surface area contributed by atoms with Gasteiger partial charge in [-0.2, -0.15) is 0 Å². The number of anilines is 1. The summed E-state index contributed by atoms with van der Waals surface area (Å²) in [6.07, 6.45) is 1.74. The van der Waals surface area contributed by atoms with E-state index in [0.717, 1.165) is 12.5 Å². The first-order valence-electron chi connectivity index (χ1n) is 9.72. The van der Waals surface area contributed by atoms with E-state index in [9.17, 15) is 31.5 Å². The average molecular weight is 474 g/mol. The van der Waals surface area contributed by atoms with E-state index >= 15 is 0 Å². The lowest BCUT2D eigenvalue weighted by atomic mass is 9.57. The van der Waals surface area contributed by atoms with Crippen molar-refractivity contribution in [3.63, 3.8) is 0 Å². The Bertz CT molecular complexity index is 1120. The van der Waals surface area contributed by atoms with E-state index in [4.69, 9.17) is 11.6 Å². The number of fused-ring (bicyclic) bond motifs is 2. The average Bonchev–Trinajstić information content (AvgIpc) is 2.72. The number of rotatable bonds is 5. The molecule has 3 saturated carbocycles. The topological polar surface area (TPSA) is 83.5 Å². The Morgan fingerprint density at radius 3 is 2.26 bits per heavy atom. The minimum Gasteiger partial charge on any atom is -0.396 e. The number of sulfone groups is 1. The van der Waals surface area contributed by atoms with Crippen molar-refractivity contribution < 1.29 is 31.5 Å². The Morgan fingerprint density at radius 2 is 1.68 bits per heavy atom. The number of halogens is 4. The highest BCUT2D eigenvalue weighted by Crippen LogP contribution is 2.52. The van der Waals surface area contributed by atoms with Crippen LogP contribution in [-0.2, 0) is 9.84 Å². The van der Waals surface area contributed by atoms with Crippen molar-refractivity contribution in [2.75, 3.05) is 11.9 Å². The fraction of sp³-hybridized carbons (Fsp3) is 0.381. The number of nitrogens with one attached hydrogen (secondary N) is 1. The fourth-order valence-electron chi connectivity index (χ4n) is 4.67. The van der Waals surface area contributed by atoms with Gasteiger partial charge in [-0.25, -0.2) is 21.6 Å². The molecule has 0 heterocycles. The SMILES string of the molecule is O=C(Nc1cc(F)c(F)c(F)c1)c1ccc(Cl)c(S(=O)(=O)[C@H]2CC3CC(C2)[C@@H]3CO)c1. The summed E-state index contributed by atoms with van der Waals surface area (Å²) in [4.78, 5) is 12.3. The standard InChI is InChI=1S/C21H19ClF3NO4S/c22-16-2-1-10(21(28)26-13-7-17(23)20(25)18(24)8-13)6-19(16)31(29,30)14-4-11-3-12(5-14)15(11)9-27/h1-2,6-8,11-12,14-15,27H,3-5,9H2,(H,26,28)/t11?,12?,14-,15+. The summed E-state index contributed by atoms with van der Waals surface area (Å²) in [5, 5.41) is 11.0. The lowest BCUT2D eigenvalue weighted by molar-refractivity contribution is -0.0218. The second-order valence-corrected chi connectivity index (χ2v) is 10.7. The maximum absolute atomic E-state index is 13.4. The molecular formula is C21H19ClF3NO4S. The molecule has 3 aliphatic rings. The molecule has 3 fully saturated rings. The number of hydrogen-bond acceptors (Lipinski definition) is 4. The third-order valence-electron chi connectivity index (χ3n) is 6.34. The van der Waals surface area contributed by atoms with Crippen molar-refractivity contribution >= 4 is 33.0 Å². The molecule has 10 heteroatoms. The van der Waals surface area contributed by atoms with Gasteiger partial charge in [-0.15, -0.1) is 0 Å². The zero-order valence-corrected chi connectivity index (χ0v) is 17.7. The highest BCUT2D eigenvalue weighted by Gasteiger charge is 2.50. The molecule has 0 saturated heterocycles. The Kier molecular flexibility index (Phi) is 5.78. The van der Waals surface area contributed by atoms with E-state index in [0.29, 0.717) is 25.0 Å². The number of aliphatic hydroxyl groups is 1. The first-order chi connectivity index (χ1) is 14.6. The van der Waals surface area contributed by atoms with Gasteiger partial charge in [-0.3, -0.25) is 4.79 Å². The summed E-state index contributed by atoms with van der Waals surface area (Å²) in [5.41, 5.74) is -0.398. The smallest absolute Gasteiger partial charge is 0.255 e. The normalized spacial score (nSPS) is 25.1. The summed E-state index contributed by atoms with van der Waals surface area (Å²) < 4.78 is 66.3. The number of aliphatic hydroxyl groups excluding tert-OH is 1. The molecule has 2 unspecified atom stereocenters. The first kappa shape index (κ1) is 22.1. The van der Waals surface area contributed by atoms with Gasteiger partial charge >= 0.3 is 0 Å². The van der Waals surface area contributed by atoms with E-state index in [2.05, 4.69) is 5.32 Å². The molecule has 2 aromatic carbocycles. The zero-order chi connectivity index (χ0) is 22.5. The monoisotopic (exact) mass is 473 g/mol. The molecule has 0 spiro atoms. The van der Waals surface area contributed by atoms with Crippen LogP contribution in [0.3, 0.4) is 0 Å².